The monoisotopic (exact) mass is 401 g/mol. The summed E-state index contributed by atoms with van der Waals surface area (Å²) in [4.78, 5) is 10.6. The summed E-state index contributed by atoms with van der Waals surface area (Å²) in [5, 5.41) is 6.67. The minimum atomic E-state index is -4.74. The second kappa shape index (κ2) is 7.16. The predicted octanol–water partition coefficient (Wildman–Crippen LogP) is 4.81. The topological polar surface area (TPSA) is 57.7 Å². The van der Waals surface area contributed by atoms with Crippen LogP contribution in [0.2, 0.25) is 0 Å². The van der Waals surface area contributed by atoms with Gasteiger partial charge in [0.1, 0.15) is 11.6 Å². The Labute approximate surface area is 163 Å². The zero-order chi connectivity index (χ0) is 20.6. The third kappa shape index (κ3) is 3.89. The first-order valence-electron chi connectivity index (χ1n) is 8.64. The Kier molecular flexibility index (Phi) is 4.65. The fourth-order valence-electron chi connectivity index (χ4n) is 3.02. The van der Waals surface area contributed by atoms with Crippen molar-refractivity contribution in [3.63, 3.8) is 0 Å². The number of hydrogen-bond acceptors (Lipinski definition) is 4. The Balaban J connectivity index is 1.59. The number of hydrogen-bond donors (Lipinski definition) is 1. The number of H-pyrrole nitrogens is 1. The molecule has 2 aromatic heterocycles. The molecular formula is C20H15F4N5. The van der Waals surface area contributed by atoms with Crippen LogP contribution in [0.3, 0.4) is 0 Å². The molecule has 2 aromatic carbocycles. The van der Waals surface area contributed by atoms with E-state index in [1.807, 2.05) is 18.2 Å². The largest absolute Gasteiger partial charge is 0.419 e. The van der Waals surface area contributed by atoms with Gasteiger partial charge in [-0.05, 0) is 35.4 Å². The molecule has 0 amide bonds. The summed E-state index contributed by atoms with van der Waals surface area (Å²) < 4.78 is 52.2. The van der Waals surface area contributed by atoms with Gasteiger partial charge < -0.3 is 4.90 Å². The highest BCUT2D eigenvalue weighted by Crippen LogP contribution is 2.32. The Bertz CT molecular complexity index is 1160. The van der Waals surface area contributed by atoms with E-state index in [4.69, 9.17) is 0 Å². The summed E-state index contributed by atoms with van der Waals surface area (Å²) in [6.45, 7) is 0.122. The van der Waals surface area contributed by atoms with Crippen molar-refractivity contribution in [2.75, 3.05) is 11.9 Å². The highest BCUT2D eigenvalue weighted by Gasteiger charge is 2.34. The molecule has 4 rings (SSSR count). The predicted molar refractivity (Wildman–Crippen MR) is 101 cm³/mol. The molecule has 0 saturated carbocycles. The average Bonchev–Trinajstić information content (AvgIpc) is 3.22. The van der Waals surface area contributed by atoms with Crippen molar-refractivity contribution in [1.29, 1.82) is 0 Å². The molecule has 0 aliphatic heterocycles. The maximum atomic E-state index is 13.5. The van der Waals surface area contributed by atoms with Crippen LogP contribution in [-0.4, -0.2) is 27.2 Å². The van der Waals surface area contributed by atoms with E-state index in [2.05, 4.69) is 20.2 Å². The van der Waals surface area contributed by atoms with Crippen LogP contribution in [0.4, 0.5) is 23.4 Å². The molecule has 0 fully saturated rings. The third-order valence-corrected chi connectivity index (χ3v) is 4.51. The first-order chi connectivity index (χ1) is 13.8. The number of halogens is 4. The van der Waals surface area contributed by atoms with Gasteiger partial charge in [0.15, 0.2) is 0 Å². The van der Waals surface area contributed by atoms with E-state index in [-0.39, 0.29) is 6.54 Å². The number of rotatable bonds is 4. The van der Waals surface area contributed by atoms with Crippen molar-refractivity contribution in [2.24, 2.45) is 0 Å². The maximum absolute atomic E-state index is 13.5. The van der Waals surface area contributed by atoms with E-state index in [0.29, 0.717) is 22.4 Å². The van der Waals surface area contributed by atoms with Crippen LogP contribution >= 0.6 is 0 Å². The molecule has 5 nitrogen and oxygen atoms in total. The van der Waals surface area contributed by atoms with Gasteiger partial charge in [0.05, 0.1) is 29.0 Å². The Morgan fingerprint density at radius 2 is 1.83 bits per heavy atom. The lowest BCUT2D eigenvalue weighted by molar-refractivity contribution is -0.140. The normalized spacial score (nSPS) is 11.8. The van der Waals surface area contributed by atoms with Gasteiger partial charge in [0, 0.05) is 25.4 Å². The van der Waals surface area contributed by atoms with Crippen molar-refractivity contribution in [3.8, 4) is 11.1 Å². The first kappa shape index (κ1) is 18.9. The van der Waals surface area contributed by atoms with Crippen LogP contribution in [0.25, 0.3) is 22.2 Å². The van der Waals surface area contributed by atoms with Crippen molar-refractivity contribution in [2.45, 2.75) is 12.7 Å². The Morgan fingerprint density at radius 3 is 2.55 bits per heavy atom. The van der Waals surface area contributed by atoms with Gasteiger partial charge in [0.25, 0.3) is 0 Å². The summed E-state index contributed by atoms with van der Waals surface area (Å²) in [5.74, 6) is -0.797. The molecule has 0 aliphatic carbocycles. The maximum Gasteiger partial charge on any atom is 0.419 e. The second-order valence-electron chi connectivity index (χ2n) is 6.59. The lowest BCUT2D eigenvalue weighted by atomic mass is 10.1. The van der Waals surface area contributed by atoms with E-state index >= 15 is 0 Å². The number of fused-ring (bicyclic) bond motifs is 1. The van der Waals surface area contributed by atoms with Gasteiger partial charge in [0.2, 0.25) is 0 Å². The molecule has 9 heteroatoms. The fourth-order valence-corrected chi connectivity index (χ4v) is 3.02. The highest BCUT2D eigenvalue weighted by molar-refractivity contribution is 5.81. The van der Waals surface area contributed by atoms with E-state index in [9.17, 15) is 17.6 Å². The quantitative estimate of drug-likeness (QED) is 0.499. The molecule has 0 atom stereocenters. The van der Waals surface area contributed by atoms with E-state index < -0.39 is 17.6 Å². The lowest BCUT2D eigenvalue weighted by Gasteiger charge is -2.19. The van der Waals surface area contributed by atoms with E-state index in [0.717, 1.165) is 23.3 Å². The smallest absolute Gasteiger partial charge is 0.354 e. The Morgan fingerprint density at radius 1 is 1.00 bits per heavy atom. The summed E-state index contributed by atoms with van der Waals surface area (Å²) in [5.41, 5.74) is 2.23. The standard InChI is InChI=1S/C20H15F4N5/c1-29(11-12-2-4-16(21)15(6-12)20(22,23)24)19-10-25-18-7-13(3-5-17(18)28-19)14-8-26-27-9-14/h2-10H,11H2,1H3,(H,26,27). The molecule has 0 unspecified atom stereocenters. The van der Waals surface area contributed by atoms with Crippen LogP contribution in [0.5, 0.6) is 0 Å². The van der Waals surface area contributed by atoms with Gasteiger partial charge in [-0.25, -0.2) is 9.37 Å². The summed E-state index contributed by atoms with van der Waals surface area (Å²) in [6.07, 6.45) is 0.285. The molecule has 0 aliphatic rings. The molecule has 2 heterocycles. The zero-order valence-electron chi connectivity index (χ0n) is 15.2. The van der Waals surface area contributed by atoms with E-state index in [1.54, 1.807) is 30.5 Å². The Hall–Kier alpha value is -3.49. The van der Waals surface area contributed by atoms with E-state index in [1.165, 1.54) is 6.07 Å². The molecule has 148 valence electrons. The fraction of sp³-hybridized carbons (Fsp3) is 0.150. The zero-order valence-corrected chi connectivity index (χ0v) is 15.2. The average molecular weight is 401 g/mol. The minimum absolute atomic E-state index is 0.122. The SMILES string of the molecule is CN(Cc1ccc(F)c(C(F)(F)F)c1)c1cnc2cc(-c3cn[nH]c3)ccc2n1. The van der Waals surface area contributed by atoms with Crippen LogP contribution in [0.1, 0.15) is 11.1 Å². The molecule has 29 heavy (non-hydrogen) atoms. The van der Waals surface area contributed by atoms with Gasteiger partial charge in [-0.15, -0.1) is 0 Å². The van der Waals surface area contributed by atoms with Crippen molar-refractivity contribution in [3.05, 3.63) is 71.9 Å². The highest BCUT2D eigenvalue weighted by atomic mass is 19.4. The number of nitrogens with one attached hydrogen (secondary N) is 1. The van der Waals surface area contributed by atoms with Crippen LogP contribution in [0.15, 0.2) is 55.0 Å². The molecule has 0 radical (unpaired) electrons. The lowest BCUT2D eigenvalue weighted by Crippen LogP contribution is -2.19. The van der Waals surface area contributed by atoms with Gasteiger partial charge in [-0.3, -0.25) is 10.1 Å². The molecular weight excluding hydrogens is 386 g/mol. The number of benzene rings is 2. The van der Waals surface area contributed by atoms with Gasteiger partial charge in [-0.2, -0.15) is 18.3 Å². The van der Waals surface area contributed by atoms with Crippen LogP contribution < -0.4 is 4.90 Å². The van der Waals surface area contributed by atoms with Crippen molar-refractivity contribution < 1.29 is 17.6 Å². The molecule has 4 aromatic rings. The number of anilines is 1. The van der Waals surface area contributed by atoms with Crippen LogP contribution in [-0.2, 0) is 12.7 Å². The summed E-state index contributed by atoms with van der Waals surface area (Å²) >= 11 is 0. The first-order valence-corrected chi connectivity index (χ1v) is 8.64. The molecule has 0 spiro atoms. The summed E-state index contributed by atoms with van der Waals surface area (Å²) in [7, 11) is 1.69. The van der Waals surface area contributed by atoms with Crippen molar-refractivity contribution >= 4 is 16.9 Å². The van der Waals surface area contributed by atoms with Gasteiger partial charge in [-0.1, -0.05) is 12.1 Å². The number of aromatic amines is 1. The number of nitrogens with zero attached hydrogens (tertiary/aromatic N) is 4. The molecule has 0 saturated heterocycles. The molecule has 1 N–H and O–H groups in total. The van der Waals surface area contributed by atoms with Crippen LogP contribution in [0, 0.1) is 5.82 Å². The summed E-state index contributed by atoms with van der Waals surface area (Å²) in [6, 6.07) is 8.56. The number of aromatic nitrogens is 4. The molecule has 0 bridgehead atoms. The van der Waals surface area contributed by atoms with Gasteiger partial charge >= 0.3 is 6.18 Å². The van der Waals surface area contributed by atoms with Crippen molar-refractivity contribution in [1.82, 2.24) is 20.2 Å². The number of alkyl halides is 3. The third-order valence-electron chi connectivity index (χ3n) is 4.51. The minimum Gasteiger partial charge on any atom is -0.354 e. The second-order valence-corrected chi connectivity index (χ2v) is 6.59.